The van der Waals surface area contributed by atoms with E-state index >= 15 is 0 Å². The van der Waals surface area contributed by atoms with Gasteiger partial charge in [-0.3, -0.25) is 4.98 Å². The molecule has 1 aromatic carbocycles. The van der Waals surface area contributed by atoms with Crippen LogP contribution in [-0.2, 0) is 12.8 Å². The lowest BCUT2D eigenvalue weighted by atomic mass is 9.94. The number of hydrogen-bond acceptors (Lipinski definition) is 3. The van der Waals surface area contributed by atoms with Crippen molar-refractivity contribution in [2.24, 2.45) is 5.73 Å². The standard InChI is InChI=1S/C17H20N2O/c1-2-12-7-4-10-19-16(12)15(18)14-9-3-6-13-8-5-11-20-17(13)14/h3-4,6-7,9-10,15H,2,5,8,11,18H2,1H3. The van der Waals surface area contributed by atoms with Gasteiger partial charge < -0.3 is 10.5 Å². The summed E-state index contributed by atoms with van der Waals surface area (Å²) in [5.74, 6) is 0.971. The number of para-hydroxylation sites is 1. The highest BCUT2D eigenvalue weighted by molar-refractivity contribution is 5.47. The molecule has 1 unspecified atom stereocenters. The predicted octanol–water partition coefficient (Wildman–Crippen LogP) is 3.02. The smallest absolute Gasteiger partial charge is 0.127 e. The van der Waals surface area contributed by atoms with Crippen molar-refractivity contribution in [1.29, 1.82) is 0 Å². The SMILES string of the molecule is CCc1cccnc1C(N)c1cccc2c1OCCC2. The van der Waals surface area contributed by atoms with Crippen molar-refractivity contribution >= 4 is 0 Å². The van der Waals surface area contributed by atoms with Crippen molar-refractivity contribution < 1.29 is 4.74 Å². The van der Waals surface area contributed by atoms with E-state index < -0.39 is 0 Å². The highest BCUT2D eigenvalue weighted by Crippen LogP contribution is 2.34. The number of pyridine rings is 1. The van der Waals surface area contributed by atoms with Gasteiger partial charge in [0.25, 0.3) is 0 Å². The Kier molecular flexibility index (Phi) is 3.70. The van der Waals surface area contributed by atoms with Crippen molar-refractivity contribution in [1.82, 2.24) is 4.98 Å². The molecule has 0 amide bonds. The van der Waals surface area contributed by atoms with Gasteiger partial charge in [0.15, 0.2) is 0 Å². The number of aryl methyl sites for hydroxylation is 2. The van der Waals surface area contributed by atoms with E-state index in [-0.39, 0.29) is 6.04 Å². The van der Waals surface area contributed by atoms with Gasteiger partial charge in [0.1, 0.15) is 5.75 Å². The van der Waals surface area contributed by atoms with Crippen molar-refractivity contribution in [3.8, 4) is 5.75 Å². The molecule has 0 saturated heterocycles. The summed E-state index contributed by atoms with van der Waals surface area (Å²) in [6, 6.07) is 10.1. The van der Waals surface area contributed by atoms with Crippen LogP contribution >= 0.6 is 0 Å². The zero-order chi connectivity index (χ0) is 13.9. The summed E-state index contributed by atoms with van der Waals surface area (Å²) in [7, 11) is 0. The van der Waals surface area contributed by atoms with Gasteiger partial charge in [-0.25, -0.2) is 0 Å². The van der Waals surface area contributed by atoms with Crippen LogP contribution in [0.3, 0.4) is 0 Å². The monoisotopic (exact) mass is 268 g/mol. The molecule has 0 bridgehead atoms. The van der Waals surface area contributed by atoms with Gasteiger partial charge in [0.05, 0.1) is 18.3 Å². The zero-order valence-corrected chi connectivity index (χ0v) is 11.8. The van der Waals surface area contributed by atoms with Gasteiger partial charge in [-0.05, 0) is 36.5 Å². The lowest BCUT2D eigenvalue weighted by molar-refractivity contribution is 0.284. The average Bonchev–Trinajstić information content (AvgIpc) is 2.53. The maximum atomic E-state index is 6.47. The van der Waals surface area contributed by atoms with E-state index in [1.165, 1.54) is 11.1 Å². The molecule has 0 saturated carbocycles. The number of benzene rings is 1. The number of ether oxygens (including phenoxy) is 1. The molecule has 2 aromatic rings. The van der Waals surface area contributed by atoms with Gasteiger partial charge >= 0.3 is 0 Å². The summed E-state index contributed by atoms with van der Waals surface area (Å²) >= 11 is 0. The molecule has 1 aliphatic rings. The van der Waals surface area contributed by atoms with Crippen LogP contribution < -0.4 is 10.5 Å². The molecule has 2 N–H and O–H groups in total. The summed E-state index contributed by atoms with van der Waals surface area (Å²) in [5, 5.41) is 0. The fraction of sp³-hybridized carbons (Fsp3) is 0.353. The zero-order valence-electron chi connectivity index (χ0n) is 11.8. The third kappa shape index (κ3) is 2.29. The molecule has 3 nitrogen and oxygen atoms in total. The van der Waals surface area contributed by atoms with Gasteiger partial charge in [-0.1, -0.05) is 31.2 Å². The molecule has 0 radical (unpaired) electrons. The van der Waals surface area contributed by atoms with Crippen molar-refractivity contribution in [3.63, 3.8) is 0 Å². The van der Waals surface area contributed by atoms with Crippen LogP contribution in [0.4, 0.5) is 0 Å². The first kappa shape index (κ1) is 13.1. The molecular weight excluding hydrogens is 248 g/mol. The van der Waals surface area contributed by atoms with E-state index in [0.29, 0.717) is 0 Å². The Labute approximate surface area is 119 Å². The third-order valence-electron chi connectivity index (χ3n) is 3.90. The summed E-state index contributed by atoms with van der Waals surface area (Å²) < 4.78 is 5.86. The van der Waals surface area contributed by atoms with E-state index in [2.05, 4.69) is 36.2 Å². The molecule has 1 aliphatic heterocycles. The van der Waals surface area contributed by atoms with Gasteiger partial charge in [0.2, 0.25) is 0 Å². The lowest BCUT2D eigenvalue weighted by Crippen LogP contribution is -2.19. The minimum absolute atomic E-state index is 0.223. The van der Waals surface area contributed by atoms with Crippen molar-refractivity contribution in [2.45, 2.75) is 32.2 Å². The van der Waals surface area contributed by atoms with Crippen LogP contribution in [0, 0.1) is 0 Å². The van der Waals surface area contributed by atoms with Crippen molar-refractivity contribution in [2.75, 3.05) is 6.61 Å². The second-order valence-corrected chi connectivity index (χ2v) is 5.17. The van der Waals surface area contributed by atoms with Crippen LogP contribution in [0.5, 0.6) is 5.75 Å². The molecule has 0 aliphatic carbocycles. The first-order chi connectivity index (χ1) is 9.81. The normalized spacial score (nSPS) is 15.3. The lowest BCUT2D eigenvalue weighted by Gasteiger charge is -2.24. The van der Waals surface area contributed by atoms with E-state index in [9.17, 15) is 0 Å². The molecule has 3 heteroatoms. The van der Waals surface area contributed by atoms with Crippen LogP contribution in [0.1, 0.15) is 41.8 Å². The fourth-order valence-electron chi connectivity index (χ4n) is 2.84. The maximum Gasteiger partial charge on any atom is 0.127 e. The molecule has 1 aromatic heterocycles. The molecule has 1 atom stereocenters. The fourth-order valence-corrected chi connectivity index (χ4v) is 2.84. The van der Waals surface area contributed by atoms with Gasteiger partial charge in [-0.15, -0.1) is 0 Å². The second-order valence-electron chi connectivity index (χ2n) is 5.17. The topological polar surface area (TPSA) is 48.1 Å². The largest absolute Gasteiger partial charge is 0.493 e. The highest BCUT2D eigenvalue weighted by atomic mass is 16.5. The van der Waals surface area contributed by atoms with Crippen LogP contribution in [0.25, 0.3) is 0 Å². The molecular formula is C17H20N2O. The Hall–Kier alpha value is -1.87. The third-order valence-corrected chi connectivity index (χ3v) is 3.90. The summed E-state index contributed by atoms with van der Waals surface area (Å²) in [4.78, 5) is 4.49. The number of aromatic nitrogens is 1. The Balaban J connectivity index is 2.04. The van der Waals surface area contributed by atoms with Crippen LogP contribution in [0.15, 0.2) is 36.5 Å². The second kappa shape index (κ2) is 5.63. The van der Waals surface area contributed by atoms with Crippen molar-refractivity contribution in [3.05, 3.63) is 58.9 Å². The minimum atomic E-state index is -0.223. The summed E-state index contributed by atoms with van der Waals surface area (Å²) in [5.41, 5.74) is 10.9. The first-order valence-corrected chi connectivity index (χ1v) is 7.25. The highest BCUT2D eigenvalue weighted by Gasteiger charge is 2.21. The van der Waals surface area contributed by atoms with E-state index in [4.69, 9.17) is 10.5 Å². The van der Waals surface area contributed by atoms with E-state index in [1.807, 2.05) is 12.3 Å². The average molecular weight is 268 g/mol. The van der Waals surface area contributed by atoms with Gasteiger partial charge in [-0.2, -0.15) is 0 Å². The molecule has 0 fully saturated rings. The first-order valence-electron chi connectivity index (χ1n) is 7.25. The number of nitrogens with zero attached hydrogens (tertiary/aromatic N) is 1. The van der Waals surface area contributed by atoms with Crippen LogP contribution in [-0.4, -0.2) is 11.6 Å². The van der Waals surface area contributed by atoms with Crippen LogP contribution in [0.2, 0.25) is 0 Å². The van der Waals surface area contributed by atoms with E-state index in [1.54, 1.807) is 0 Å². The molecule has 0 spiro atoms. The minimum Gasteiger partial charge on any atom is -0.493 e. The number of hydrogen-bond donors (Lipinski definition) is 1. The quantitative estimate of drug-likeness (QED) is 0.931. The summed E-state index contributed by atoms with van der Waals surface area (Å²) in [6.07, 6.45) is 4.89. The Morgan fingerprint density at radius 3 is 3.05 bits per heavy atom. The number of nitrogens with two attached hydrogens (primary N) is 1. The van der Waals surface area contributed by atoms with Gasteiger partial charge in [0, 0.05) is 11.8 Å². The number of fused-ring (bicyclic) bond motifs is 1. The Morgan fingerprint density at radius 1 is 1.30 bits per heavy atom. The molecule has 104 valence electrons. The Bertz CT molecular complexity index is 610. The number of rotatable bonds is 3. The molecule has 20 heavy (non-hydrogen) atoms. The molecule has 2 heterocycles. The Morgan fingerprint density at radius 2 is 2.20 bits per heavy atom. The maximum absolute atomic E-state index is 6.47. The summed E-state index contributed by atoms with van der Waals surface area (Å²) in [6.45, 7) is 2.91. The molecule has 3 rings (SSSR count). The van der Waals surface area contributed by atoms with E-state index in [0.717, 1.165) is 42.9 Å². The predicted molar refractivity (Wildman–Crippen MR) is 79.9 cm³/mol.